The fourth-order valence-corrected chi connectivity index (χ4v) is 2.36. The summed E-state index contributed by atoms with van der Waals surface area (Å²) in [6.07, 6.45) is 0. The molecule has 0 aliphatic carbocycles. The lowest BCUT2D eigenvalue weighted by molar-refractivity contribution is 0.881. The number of nitrogens with zero attached hydrogens (tertiary/aromatic N) is 1. The van der Waals surface area contributed by atoms with Gasteiger partial charge in [-0.15, -0.1) is 0 Å². The van der Waals surface area contributed by atoms with Crippen LogP contribution in [0.15, 0.2) is 46.9 Å². The molecule has 0 aliphatic heterocycles. The lowest BCUT2D eigenvalue weighted by atomic mass is 10.1. The molecule has 0 heterocycles. The van der Waals surface area contributed by atoms with Gasteiger partial charge >= 0.3 is 0 Å². The largest absolute Gasteiger partial charge is 0.378 e. The van der Waals surface area contributed by atoms with Gasteiger partial charge < -0.3 is 5.32 Å². The first-order valence-electron chi connectivity index (χ1n) is 6.13. The van der Waals surface area contributed by atoms with Crippen molar-refractivity contribution in [2.45, 2.75) is 19.9 Å². The van der Waals surface area contributed by atoms with E-state index in [1.165, 1.54) is 5.56 Å². The van der Waals surface area contributed by atoms with Crippen LogP contribution in [0.3, 0.4) is 0 Å². The summed E-state index contributed by atoms with van der Waals surface area (Å²) in [5.74, 6) is 0. The number of hydrogen-bond acceptors (Lipinski definition) is 2. The number of nitrogens with one attached hydrogen (secondary N) is 1. The fraction of sp³-hybridized carbons (Fsp3) is 0.188. The molecule has 0 spiro atoms. The van der Waals surface area contributed by atoms with Crippen LogP contribution in [0.2, 0.25) is 0 Å². The van der Waals surface area contributed by atoms with Crippen molar-refractivity contribution in [3.05, 3.63) is 63.6 Å². The van der Waals surface area contributed by atoms with Crippen LogP contribution < -0.4 is 5.32 Å². The molecule has 0 radical (unpaired) electrons. The Morgan fingerprint density at radius 1 is 1.21 bits per heavy atom. The summed E-state index contributed by atoms with van der Waals surface area (Å²) < 4.78 is 1.07. The Kier molecular flexibility index (Phi) is 4.24. The zero-order chi connectivity index (χ0) is 13.8. The zero-order valence-corrected chi connectivity index (χ0v) is 12.5. The number of benzene rings is 2. The van der Waals surface area contributed by atoms with Gasteiger partial charge in [-0.3, -0.25) is 0 Å². The van der Waals surface area contributed by atoms with E-state index in [-0.39, 0.29) is 6.04 Å². The first kappa shape index (κ1) is 13.6. The van der Waals surface area contributed by atoms with E-state index < -0.39 is 0 Å². The summed E-state index contributed by atoms with van der Waals surface area (Å²) >= 11 is 3.48. The van der Waals surface area contributed by atoms with Crippen molar-refractivity contribution in [1.82, 2.24) is 0 Å². The standard InChI is InChI=1S/C16H15BrN2/c1-11-6-7-13(10-18)8-16(11)19-12(2)14-4-3-5-15(17)9-14/h3-9,12,19H,1-2H3. The molecule has 1 N–H and O–H groups in total. The Balaban J connectivity index is 2.24. The van der Waals surface area contributed by atoms with Gasteiger partial charge in [0.25, 0.3) is 0 Å². The van der Waals surface area contributed by atoms with Crippen LogP contribution in [0, 0.1) is 18.3 Å². The van der Waals surface area contributed by atoms with Crippen molar-refractivity contribution < 1.29 is 0 Å². The van der Waals surface area contributed by atoms with Crippen LogP contribution in [-0.2, 0) is 0 Å². The van der Waals surface area contributed by atoms with Gasteiger partial charge in [0, 0.05) is 16.2 Å². The summed E-state index contributed by atoms with van der Waals surface area (Å²) in [4.78, 5) is 0. The molecular formula is C16H15BrN2. The van der Waals surface area contributed by atoms with Crippen LogP contribution >= 0.6 is 15.9 Å². The molecule has 0 saturated heterocycles. The summed E-state index contributed by atoms with van der Waals surface area (Å²) in [5, 5.41) is 12.4. The fourth-order valence-electron chi connectivity index (χ4n) is 1.94. The van der Waals surface area contributed by atoms with E-state index in [4.69, 9.17) is 5.26 Å². The molecule has 2 nitrogen and oxygen atoms in total. The van der Waals surface area contributed by atoms with Crippen LogP contribution in [0.5, 0.6) is 0 Å². The van der Waals surface area contributed by atoms with E-state index >= 15 is 0 Å². The normalized spacial score (nSPS) is 11.7. The van der Waals surface area contributed by atoms with Crippen molar-refractivity contribution >= 4 is 21.6 Å². The number of anilines is 1. The summed E-state index contributed by atoms with van der Waals surface area (Å²) in [6.45, 7) is 4.15. The Labute approximate surface area is 122 Å². The van der Waals surface area contributed by atoms with E-state index in [9.17, 15) is 0 Å². The van der Waals surface area contributed by atoms with Crippen LogP contribution in [-0.4, -0.2) is 0 Å². The van der Waals surface area contributed by atoms with Crippen molar-refractivity contribution in [1.29, 1.82) is 5.26 Å². The Morgan fingerprint density at radius 2 is 2.00 bits per heavy atom. The van der Waals surface area contributed by atoms with Crippen LogP contribution in [0.25, 0.3) is 0 Å². The lowest BCUT2D eigenvalue weighted by Crippen LogP contribution is -2.07. The molecule has 1 unspecified atom stereocenters. The van der Waals surface area contributed by atoms with Gasteiger partial charge in [0.05, 0.1) is 11.6 Å². The first-order valence-corrected chi connectivity index (χ1v) is 6.92. The minimum Gasteiger partial charge on any atom is -0.378 e. The molecule has 0 fully saturated rings. The summed E-state index contributed by atoms with van der Waals surface area (Å²) in [6, 6.07) is 16.3. The van der Waals surface area contributed by atoms with Gasteiger partial charge in [0.2, 0.25) is 0 Å². The second-order valence-electron chi connectivity index (χ2n) is 4.56. The average Bonchev–Trinajstić information content (AvgIpc) is 2.41. The second kappa shape index (κ2) is 5.90. The van der Waals surface area contributed by atoms with E-state index in [2.05, 4.69) is 46.4 Å². The van der Waals surface area contributed by atoms with E-state index in [0.717, 1.165) is 15.7 Å². The first-order chi connectivity index (χ1) is 9.10. The third-order valence-corrected chi connectivity index (χ3v) is 3.58. The maximum Gasteiger partial charge on any atom is 0.0992 e. The molecule has 19 heavy (non-hydrogen) atoms. The molecule has 3 heteroatoms. The number of nitriles is 1. The highest BCUT2D eigenvalue weighted by Crippen LogP contribution is 2.24. The molecule has 1 atom stereocenters. The molecular weight excluding hydrogens is 300 g/mol. The number of aryl methyl sites for hydroxylation is 1. The highest BCUT2D eigenvalue weighted by atomic mass is 79.9. The van der Waals surface area contributed by atoms with Gasteiger partial charge in [-0.1, -0.05) is 34.1 Å². The van der Waals surface area contributed by atoms with Crippen LogP contribution in [0.1, 0.15) is 29.7 Å². The highest BCUT2D eigenvalue weighted by molar-refractivity contribution is 9.10. The predicted molar refractivity (Wildman–Crippen MR) is 82.1 cm³/mol. The predicted octanol–water partition coefficient (Wildman–Crippen LogP) is 4.80. The Hall–Kier alpha value is -1.79. The maximum atomic E-state index is 8.96. The minimum absolute atomic E-state index is 0.185. The number of rotatable bonds is 3. The summed E-state index contributed by atoms with van der Waals surface area (Å²) in [5.41, 5.74) is 4.03. The average molecular weight is 315 g/mol. The van der Waals surface area contributed by atoms with E-state index in [1.807, 2.05) is 37.3 Å². The van der Waals surface area contributed by atoms with Gasteiger partial charge in [-0.2, -0.15) is 5.26 Å². The zero-order valence-electron chi connectivity index (χ0n) is 10.9. The van der Waals surface area contributed by atoms with E-state index in [1.54, 1.807) is 0 Å². The third-order valence-electron chi connectivity index (χ3n) is 3.09. The molecule has 96 valence electrons. The molecule has 2 rings (SSSR count). The third kappa shape index (κ3) is 3.36. The van der Waals surface area contributed by atoms with Gasteiger partial charge in [0.15, 0.2) is 0 Å². The minimum atomic E-state index is 0.185. The Bertz CT molecular complexity index is 629. The van der Waals surface area contributed by atoms with Crippen LogP contribution in [0.4, 0.5) is 5.69 Å². The maximum absolute atomic E-state index is 8.96. The topological polar surface area (TPSA) is 35.8 Å². The molecule has 0 saturated carbocycles. The SMILES string of the molecule is Cc1ccc(C#N)cc1NC(C)c1cccc(Br)c1. The lowest BCUT2D eigenvalue weighted by Gasteiger charge is -2.18. The van der Waals surface area contributed by atoms with Gasteiger partial charge in [-0.05, 0) is 49.2 Å². The van der Waals surface area contributed by atoms with Crippen molar-refractivity contribution in [2.75, 3.05) is 5.32 Å². The molecule has 0 bridgehead atoms. The van der Waals surface area contributed by atoms with Gasteiger partial charge in [-0.25, -0.2) is 0 Å². The second-order valence-corrected chi connectivity index (χ2v) is 5.48. The molecule has 0 aromatic heterocycles. The number of hydrogen-bond donors (Lipinski definition) is 1. The van der Waals surface area contributed by atoms with E-state index in [0.29, 0.717) is 5.56 Å². The molecule has 0 amide bonds. The monoisotopic (exact) mass is 314 g/mol. The highest BCUT2D eigenvalue weighted by Gasteiger charge is 2.08. The quantitative estimate of drug-likeness (QED) is 0.883. The molecule has 0 aliphatic rings. The molecule has 2 aromatic rings. The van der Waals surface area contributed by atoms with Crippen molar-refractivity contribution in [3.8, 4) is 6.07 Å². The van der Waals surface area contributed by atoms with Gasteiger partial charge in [0.1, 0.15) is 0 Å². The molecule has 2 aromatic carbocycles. The van der Waals surface area contributed by atoms with Crippen molar-refractivity contribution in [3.63, 3.8) is 0 Å². The van der Waals surface area contributed by atoms with Crippen molar-refractivity contribution in [2.24, 2.45) is 0 Å². The number of halogens is 1. The summed E-state index contributed by atoms with van der Waals surface area (Å²) in [7, 11) is 0. The Morgan fingerprint density at radius 3 is 2.68 bits per heavy atom. The smallest absolute Gasteiger partial charge is 0.0992 e.